The number of pyridine rings is 3. The highest BCUT2D eigenvalue weighted by Gasteiger charge is 2.43. The van der Waals surface area contributed by atoms with E-state index in [4.69, 9.17) is 0 Å². The Morgan fingerprint density at radius 3 is 2.71 bits per heavy atom. The summed E-state index contributed by atoms with van der Waals surface area (Å²) >= 11 is 0. The summed E-state index contributed by atoms with van der Waals surface area (Å²) in [6.45, 7) is 3.79. The van der Waals surface area contributed by atoms with Gasteiger partial charge in [-0.15, -0.1) is 0 Å². The van der Waals surface area contributed by atoms with E-state index in [9.17, 15) is 18.4 Å². The number of anilines is 1. The van der Waals surface area contributed by atoms with Gasteiger partial charge in [0.05, 0.1) is 17.6 Å². The quantitative estimate of drug-likeness (QED) is 0.749. The van der Waals surface area contributed by atoms with Gasteiger partial charge in [0.1, 0.15) is 17.8 Å². The van der Waals surface area contributed by atoms with Crippen molar-refractivity contribution in [2.45, 2.75) is 33.0 Å². The molecule has 0 aliphatic heterocycles. The average molecular weight is 384 g/mol. The van der Waals surface area contributed by atoms with Gasteiger partial charge in [-0.1, -0.05) is 0 Å². The minimum Gasteiger partial charge on any atom is -0.310 e. The summed E-state index contributed by atoms with van der Waals surface area (Å²) in [7, 11) is 0. The summed E-state index contributed by atoms with van der Waals surface area (Å²) in [6, 6.07) is 3.23. The zero-order chi connectivity index (χ0) is 20.0. The molecule has 144 valence electrons. The van der Waals surface area contributed by atoms with Gasteiger partial charge >= 0.3 is 0 Å². The zero-order valence-electron chi connectivity index (χ0n) is 15.4. The van der Waals surface area contributed by atoms with Gasteiger partial charge in [-0.05, 0) is 31.9 Å². The Bertz CT molecular complexity index is 1160. The van der Waals surface area contributed by atoms with Crippen molar-refractivity contribution in [3.05, 3.63) is 52.5 Å². The number of hydrogen-bond acceptors (Lipinski definition) is 4. The fraction of sp³-hybridized carbons (Fsp3) is 0.300. The number of nitrogens with zero attached hydrogens (tertiary/aromatic N) is 3. The minimum atomic E-state index is -1.10. The molecule has 1 aliphatic rings. The molecule has 0 unspecified atom stereocenters. The van der Waals surface area contributed by atoms with Crippen LogP contribution >= 0.6 is 0 Å². The lowest BCUT2D eigenvalue weighted by atomic mass is 10.0. The van der Waals surface area contributed by atoms with Crippen LogP contribution in [0.2, 0.25) is 0 Å². The normalized spacial score (nSPS) is 18.3. The van der Waals surface area contributed by atoms with Crippen molar-refractivity contribution in [3.63, 3.8) is 0 Å². The Kier molecular flexibility index (Phi) is 4.41. The van der Waals surface area contributed by atoms with E-state index in [0.717, 1.165) is 6.20 Å². The Morgan fingerprint density at radius 2 is 2.04 bits per heavy atom. The highest BCUT2D eigenvalue weighted by atomic mass is 19.1. The second-order valence-electron chi connectivity index (χ2n) is 6.88. The van der Waals surface area contributed by atoms with Gasteiger partial charge in [0.25, 0.3) is 5.56 Å². The SMILES string of the molecule is CCn1c(=O)c(-c2cncc(F)c2C)cc2cnc(NC(=O)[C@@H]3C[C@@H]3F)cc21. The molecular formula is C20H18F2N4O2. The molecule has 0 saturated heterocycles. The summed E-state index contributed by atoms with van der Waals surface area (Å²) in [5, 5.41) is 3.26. The Morgan fingerprint density at radius 1 is 1.29 bits per heavy atom. The van der Waals surface area contributed by atoms with Crippen LogP contribution in [0.25, 0.3) is 22.0 Å². The minimum absolute atomic E-state index is 0.226. The molecule has 1 fully saturated rings. The van der Waals surface area contributed by atoms with E-state index in [1.165, 1.54) is 17.0 Å². The molecule has 2 atom stereocenters. The van der Waals surface area contributed by atoms with E-state index >= 15 is 0 Å². The monoisotopic (exact) mass is 384 g/mol. The Labute approximate surface area is 159 Å². The molecule has 0 bridgehead atoms. The van der Waals surface area contributed by atoms with Gasteiger partial charge in [-0.2, -0.15) is 0 Å². The van der Waals surface area contributed by atoms with Gasteiger partial charge in [0.2, 0.25) is 5.91 Å². The summed E-state index contributed by atoms with van der Waals surface area (Å²) in [5.74, 6) is -1.27. The number of amides is 1. The summed E-state index contributed by atoms with van der Waals surface area (Å²) in [5.41, 5.74) is 1.39. The number of alkyl halides is 1. The molecular weight excluding hydrogens is 366 g/mol. The molecule has 1 aliphatic carbocycles. The van der Waals surface area contributed by atoms with Gasteiger partial charge in [0.15, 0.2) is 0 Å². The third kappa shape index (κ3) is 3.04. The number of carbonyl (C=O) groups excluding carboxylic acids is 1. The number of aromatic nitrogens is 3. The Balaban J connectivity index is 1.82. The van der Waals surface area contributed by atoms with Crippen LogP contribution in [0.4, 0.5) is 14.6 Å². The maximum atomic E-state index is 13.9. The van der Waals surface area contributed by atoms with Crippen LogP contribution in [0.5, 0.6) is 0 Å². The molecule has 8 heteroatoms. The number of nitrogens with one attached hydrogen (secondary N) is 1. The molecule has 3 heterocycles. The largest absolute Gasteiger partial charge is 0.310 e. The number of hydrogen-bond donors (Lipinski definition) is 1. The van der Waals surface area contributed by atoms with E-state index in [0.29, 0.717) is 34.1 Å². The molecule has 3 aromatic heterocycles. The standard InChI is InChI=1S/C20H18F2N4O2/c1-3-26-17-6-18(25-19(27)13-5-15(13)21)24-7-11(17)4-12(20(26)28)14-8-23-9-16(22)10(14)2/h4,6-9,13,15H,3,5H2,1-2H3,(H,24,25,27)/t13-,15+/m1/s1. The molecule has 0 radical (unpaired) electrons. The molecule has 0 spiro atoms. The van der Waals surface area contributed by atoms with Gasteiger partial charge in [-0.25, -0.2) is 13.8 Å². The van der Waals surface area contributed by atoms with Crippen molar-refractivity contribution in [3.8, 4) is 11.1 Å². The first-order valence-corrected chi connectivity index (χ1v) is 8.99. The molecule has 28 heavy (non-hydrogen) atoms. The first-order valence-electron chi connectivity index (χ1n) is 8.99. The van der Waals surface area contributed by atoms with Crippen LogP contribution in [0.15, 0.2) is 35.5 Å². The lowest BCUT2D eigenvalue weighted by molar-refractivity contribution is -0.117. The third-order valence-electron chi connectivity index (χ3n) is 5.04. The molecule has 1 amide bonds. The molecule has 3 aromatic rings. The number of carbonyl (C=O) groups is 1. The number of aryl methyl sites for hydroxylation is 1. The molecule has 1 saturated carbocycles. The van der Waals surface area contributed by atoms with Crippen LogP contribution in [0.1, 0.15) is 18.9 Å². The van der Waals surface area contributed by atoms with Crippen LogP contribution < -0.4 is 10.9 Å². The average Bonchev–Trinajstić information content (AvgIpc) is 3.41. The molecule has 6 nitrogen and oxygen atoms in total. The van der Waals surface area contributed by atoms with Gasteiger partial charge in [0, 0.05) is 41.5 Å². The highest BCUT2D eigenvalue weighted by molar-refractivity contribution is 5.95. The van der Waals surface area contributed by atoms with Crippen LogP contribution in [0, 0.1) is 18.7 Å². The molecule has 0 aromatic carbocycles. The van der Waals surface area contributed by atoms with Crippen LogP contribution in [-0.2, 0) is 11.3 Å². The predicted octanol–water partition coefficient (Wildman–Crippen LogP) is 3.22. The topological polar surface area (TPSA) is 76.9 Å². The first kappa shape index (κ1) is 18.2. The zero-order valence-corrected chi connectivity index (χ0v) is 15.4. The number of halogens is 2. The third-order valence-corrected chi connectivity index (χ3v) is 5.04. The number of fused-ring (bicyclic) bond motifs is 1. The van der Waals surface area contributed by atoms with Crippen molar-refractivity contribution >= 4 is 22.6 Å². The van der Waals surface area contributed by atoms with Crippen molar-refractivity contribution in [2.75, 3.05) is 5.32 Å². The smallest absolute Gasteiger partial charge is 0.258 e. The van der Waals surface area contributed by atoms with Crippen molar-refractivity contribution in [1.82, 2.24) is 14.5 Å². The highest BCUT2D eigenvalue weighted by Crippen LogP contribution is 2.34. The summed E-state index contributed by atoms with van der Waals surface area (Å²) < 4.78 is 28.5. The second-order valence-corrected chi connectivity index (χ2v) is 6.88. The lowest BCUT2D eigenvalue weighted by Crippen LogP contribution is -2.22. The van der Waals surface area contributed by atoms with E-state index in [2.05, 4.69) is 15.3 Å². The number of rotatable bonds is 4. The fourth-order valence-electron chi connectivity index (χ4n) is 3.27. The van der Waals surface area contributed by atoms with E-state index in [1.54, 1.807) is 19.1 Å². The maximum absolute atomic E-state index is 13.9. The van der Waals surface area contributed by atoms with Gasteiger partial charge < -0.3 is 9.88 Å². The molecule has 4 rings (SSSR count). The molecule has 1 N–H and O–H groups in total. The fourth-order valence-corrected chi connectivity index (χ4v) is 3.27. The van der Waals surface area contributed by atoms with Crippen molar-refractivity contribution in [1.29, 1.82) is 0 Å². The second kappa shape index (κ2) is 6.78. The van der Waals surface area contributed by atoms with E-state index in [-0.39, 0.29) is 17.8 Å². The predicted molar refractivity (Wildman–Crippen MR) is 101 cm³/mol. The summed E-state index contributed by atoms with van der Waals surface area (Å²) in [6.07, 6.45) is 3.23. The summed E-state index contributed by atoms with van der Waals surface area (Å²) in [4.78, 5) is 33.0. The first-order chi connectivity index (χ1) is 13.4. The maximum Gasteiger partial charge on any atom is 0.258 e. The van der Waals surface area contributed by atoms with Crippen molar-refractivity contribution < 1.29 is 13.6 Å². The van der Waals surface area contributed by atoms with Gasteiger partial charge in [-0.3, -0.25) is 14.6 Å². The lowest BCUT2D eigenvalue weighted by Gasteiger charge is -2.13. The van der Waals surface area contributed by atoms with Crippen LogP contribution in [-0.4, -0.2) is 26.6 Å². The Hall–Kier alpha value is -3.16. The van der Waals surface area contributed by atoms with E-state index in [1.807, 2.05) is 6.92 Å². The van der Waals surface area contributed by atoms with Crippen molar-refractivity contribution in [2.24, 2.45) is 5.92 Å². The van der Waals surface area contributed by atoms with Crippen LogP contribution in [0.3, 0.4) is 0 Å². The van der Waals surface area contributed by atoms with E-state index < -0.39 is 23.8 Å².